The molecule has 1 aliphatic heterocycles. The number of amides is 1. The summed E-state index contributed by atoms with van der Waals surface area (Å²) in [6.45, 7) is 7.90. The van der Waals surface area contributed by atoms with Crippen LogP contribution < -0.4 is 10.6 Å². The SMILES string of the molecule is CCC(C)NCC(=O)NCCC1CCN(C)CC1. The number of likely N-dealkylation sites (tertiary alicyclic amines) is 1. The molecular formula is C14H29N3O. The van der Waals surface area contributed by atoms with Crippen LogP contribution in [0.25, 0.3) is 0 Å². The van der Waals surface area contributed by atoms with Crippen LogP contribution in [0, 0.1) is 5.92 Å². The van der Waals surface area contributed by atoms with Gasteiger partial charge in [0.1, 0.15) is 0 Å². The quantitative estimate of drug-likeness (QED) is 0.719. The van der Waals surface area contributed by atoms with Gasteiger partial charge in [-0.25, -0.2) is 0 Å². The van der Waals surface area contributed by atoms with Crippen molar-refractivity contribution < 1.29 is 4.79 Å². The van der Waals surface area contributed by atoms with Gasteiger partial charge in [-0.3, -0.25) is 4.79 Å². The van der Waals surface area contributed by atoms with Crippen LogP contribution >= 0.6 is 0 Å². The third kappa shape index (κ3) is 6.36. The van der Waals surface area contributed by atoms with Gasteiger partial charge in [-0.1, -0.05) is 6.92 Å². The van der Waals surface area contributed by atoms with Crippen molar-refractivity contribution in [1.29, 1.82) is 0 Å². The Hall–Kier alpha value is -0.610. The molecule has 0 aromatic rings. The Bertz CT molecular complexity index is 237. The number of hydrogen-bond donors (Lipinski definition) is 2. The molecular weight excluding hydrogens is 226 g/mol. The van der Waals surface area contributed by atoms with Crippen molar-refractivity contribution in [3.63, 3.8) is 0 Å². The largest absolute Gasteiger partial charge is 0.355 e. The Morgan fingerprint density at radius 1 is 1.39 bits per heavy atom. The minimum absolute atomic E-state index is 0.128. The molecule has 0 aromatic heterocycles. The molecule has 0 spiro atoms. The predicted molar refractivity (Wildman–Crippen MR) is 75.6 cm³/mol. The number of nitrogens with one attached hydrogen (secondary N) is 2. The third-order valence-electron chi connectivity index (χ3n) is 3.94. The van der Waals surface area contributed by atoms with E-state index in [1.165, 1.54) is 25.9 Å². The summed E-state index contributed by atoms with van der Waals surface area (Å²) in [6.07, 6.45) is 4.74. The first-order valence-corrected chi connectivity index (χ1v) is 7.30. The Morgan fingerprint density at radius 2 is 2.06 bits per heavy atom. The highest BCUT2D eigenvalue weighted by Crippen LogP contribution is 2.18. The maximum absolute atomic E-state index is 11.6. The molecule has 4 nitrogen and oxygen atoms in total. The van der Waals surface area contributed by atoms with Gasteiger partial charge in [0.05, 0.1) is 6.54 Å². The first-order chi connectivity index (χ1) is 8.61. The molecule has 1 amide bonds. The molecule has 1 rings (SSSR count). The smallest absolute Gasteiger partial charge is 0.233 e. The first-order valence-electron chi connectivity index (χ1n) is 7.30. The van der Waals surface area contributed by atoms with Crippen LogP contribution in [0.1, 0.15) is 39.5 Å². The molecule has 0 saturated carbocycles. The molecule has 0 aromatic carbocycles. The van der Waals surface area contributed by atoms with Crippen LogP contribution in [0.2, 0.25) is 0 Å². The van der Waals surface area contributed by atoms with Crippen LogP contribution in [-0.4, -0.2) is 50.1 Å². The van der Waals surface area contributed by atoms with E-state index >= 15 is 0 Å². The van der Waals surface area contributed by atoms with Crippen LogP contribution in [0.5, 0.6) is 0 Å². The van der Waals surface area contributed by atoms with E-state index in [0.717, 1.165) is 25.3 Å². The molecule has 18 heavy (non-hydrogen) atoms. The lowest BCUT2D eigenvalue weighted by atomic mass is 9.94. The van der Waals surface area contributed by atoms with E-state index in [4.69, 9.17) is 0 Å². The van der Waals surface area contributed by atoms with Crippen LogP contribution in [0.15, 0.2) is 0 Å². The summed E-state index contributed by atoms with van der Waals surface area (Å²) >= 11 is 0. The minimum Gasteiger partial charge on any atom is -0.355 e. The molecule has 0 aliphatic carbocycles. The Morgan fingerprint density at radius 3 is 2.67 bits per heavy atom. The molecule has 1 heterocycles. The van der Waals surface area contributed by atoms with Gasteiger partial charge in [-0.2, -0.15) is 0 Å². The average molecular weight is 255 g/mol. The molecule has 1 aliphatic rings. The van der Waals surface area contributed by atoms with E-state index in [1.807, 2.05) is 0 Å². The zero-order valence-electron chi connectivity index (χ0n) is 12.2. The minimum atomic E-state index is 0.128. The van der Waals surface area contributed by atoms with Crippen molar-refractivity contribution in [2.24, 2.45) is 5.92 Å². The zero-order valence-corrected chi connectivity index (χ0v) is 12.2. The van der Waals surface area contributed by atoms with Crippen LogP contribution in [-0.2, 0) is 4.79 Å². The zero-order chi connectivity index (χ0) is 13.4. The molecule has 0 bridgehead atoms. The van der Waals surface area contributed by atoms with E-state index in [9.17, 15) is 4.79 Å². The molecule has 1 saturated heterocycles. The summed E-state index contributed by atoms with van der Waals surface area (Å²) < 4.78 is 0. The summed E-state index contributed by atoms with van der Waals surface area (Å²) in [4.78, 5) is 14.0. The van der Waals surface area contributed by atoms with Gasteiger partial charge in [0.2, 0.25) is 5.91 Å². The van der Waals surface area contributed by atoms with Gasteiger partial charge in [-0.15, -0.1) is 0 Å². The van der Waals surface area contributed by atoms with Crippen LogP contribution in [0.4, 0.5) is 0 Å². The summed E-state index contributed by atoms with van der Waals surface area (Å²) in [7, 11) is 2.18. The van der Waals surface area contributed by atoms with Gasteiger partial charge >= 0.3 is 0 Å². The van der Waals surface area contributed by atoms with Gasteiger partial charge in [-0.05, 0) is 58.7 Å². The van der Waals surface area contributed by atoms with E-state index in [-0.39, 0.29) is 5.91 Å². The first kappa shape index (κ1) is 15.4. The summed E-state index contributed by atoms with van der Waals surface area (Å²) in [5, 5.41) is 6.21. The monoisotopic (exact) mass is 255 g/mol. The highest BCUT2D eigenvalue weighted by molar-refractivity contribution is 5.77. The van der Waals surface area contributed by atoms with E-state index in [0.29, 0.717) is 12.6 Å². The average Bonchev–Trinajstić information content (AvgIpc) is 2.38. The van der Waals surface area contributed by atoms with Crippen molar-refractivity contribution in [3.05, 3.63) is 0 Å². The Labute approximate surface area is 111 Å². The van der Waals surface area contributed by atoms with Gasteiger partial charge in [0.15, 0.2) is 0 Å². The van der Waals surface area contributed by atoms with Crippen molar-refractivity contribution in [2.75, 3.05) is 33.2 Å². The molecule has 1 unspecified atom stereocenters. The highest BCUT2D eigenvalue weighted by atomic mass is 16.1. The number of nitrogens with zero attached hydrogens (tertiary/aromatic N) is 1. The summed E-state index contributed by atoms with van der Waals surface area (Å²) in [5.41, 5.74) is 0. The Kier molecular flexibility index (Phi) is 7.28. The lowest BCUT2D eigenvalue weighted by Gasteiger charge is -2.28. The number of carbonyl (C=O) groups excluding carboxylic acids is 1. The maximum atomic E-state index is 11.6. The summed E-state index contributed by atoms with van der Waals surface area (Å²) in [6, 6.07) is 0.421. The molecule has 0 radical (unpaired) electrons. The second kappa shape index (κ2) is 8.48. The predicted octanol–water partition coefficient (Wildman–Crippen LogP) is 1.22. The van der Waals surface area contributed by atoms with Crippen molar-refractivity contribution in [3.8, 4) is 0 Å². The number of carbonyl (C=O) groups is 1. The standard InChI is InChI=1S/C14H29N3O/c1-4-12(2)16-11-14(18)15-8-5-13-6-9-17(3)10-7-13/h12-13,16H,4-11H2,1-3H3,(H,15,18). The van der Waals surface area contributed by atoms with E-state index in [2.05, 4.69) is 36.4 Å². The molecule has 1 fully saturated rings. The normalized spacial score (nSPS) is 19.7. The fourth-order valence-corrected chi connectivity index (χ4v) is 2.24. The summed E-state index contributed by atoms with van der Waals surface area (Å²) in [5.74, 6) is 0.923. The second-order valence-electron chi connectivity index (χ2n) is 5.58. The lowest BCUT2D eigenvalue weighted by Crippen LogP contribution is -2.39. The van der Waals surface area contributed by atoms with Gasteiger partial charge < -0.3 is 15.5 Å². The van der Waals surface area contributed by atoms with Gasteiger partial charge in [0.25, 0.3) is 0 Å². The number of rotatable bonds is 7. The van der Waals surface area contributed by atoms with Crippen molar-refractivity contribution >= 4 is 5.91 Å². The number of piperidine rings is 1. The molecule has 106 valence electrons. The third-order valence-corrected chi connectivity index (χ3v) is 3.94. The van der Waals surface area contributed by atoms with E-state index < -0.39 is 0 Å². The molecule has 1 atom stereocenters. The van der Waals surface area contributed by atoms with E-state index in [1.54, 1.807) is 0 Å². The maximum Gasteiger partial charge on any atom is 0.233 e. The fourth-order valence-electron chi connectivity index (χ4n) is 2.24. The van der Waals surface area contributed by atoms with Crippen LogP contribution in [0.3, 0.4) is 0 Å². The Balaban J connectivity index is 2.01. The topological polar surface area (TPSA) is 44.4 Å². The fraction of sp³-hybridized carbons (Fsp3) is 0.929. The molecule has 4 heteroatoms. The van der Waals surface area contributed by atoms with Gasteiger partial charge in [0, 0.05) is 12.6 Å². The lowest BCUT2D eigenvalue weighted by molar-refractivity contribution is -0.120. The molecule has 2 N–H and O–H groups in total. The van der Waals surface area contributed by atoms with Crippen molar-refractivity contribution in [2.45, 2.75) is 45.6 Å². The van der Waals surface area contributed by atoms with Crippen molar-refractivity contribution in [1.82, 2.24) is 15.5 Å². The highest BCUT2D eigenvalue weighted by Gasteiger charge is 2.16. The number of hydrogen-bond acceptors (Lipinski definition) is 3. The second-order valence-corrected chi connectivity index (χ2v) is 5.58.